The monoisotopic (exact) mass is 490 g/mol. The number of hydrogen-bond acceptors (Lipinski definition) is 7. The number of morpholine rings is 1. The molecular weight excluding hydrogens is 459 g/mol. The molecule has 184 valence electrons. The molecule has 1 saturated carbocycles. The molecule has 0 unspecified atom stereocenters. The van der Waals surface area contributed by atoms with E-state index in [0.717, 1.165) is 35.0 Å². The summed E-state index contributed by atoms with van der Waals surface area (Å²) in [6.07, 6.45) is 2.14. The number of carbonyl (C=O) groups is 2. The van der Waals surface area contributed by atoms with Crippen LogP contribution < -0.4 is 10.6 Å². The molecule has 1 aliphatic heterocycles. The lowest BCUT2D eigenvalue weighted by molar-refractivity contribution is -0.148. The minimum atomic E-state index is -0.494. The summed E-state index contributed by atoms with van der Waals surface area (Å²) >= 11 is 1.43. The van der Waals surface area contributed by atoms with Gasteiger partial charge in [-0.2, -0.15) is 0 Å². The van der Waals surface area contributed by atoms with Gasteiger partial charge in [0, 0.05) is 31.2 Å². The summed E-state index contributed by atoms with van der Waals surface area (Å²) in [6, 6.07) is 6.59. The largest absolute Gasteiger partial charge is 0.453 e. The van der Waals surface area contributed by atoms with Crippen molar-refractivity contribution >= 4 is 23.3 Å². The van der Waals surface area contributed by atoms with Crippen LogP contribution in [0.1, 0.15) is 42.9 Å². The number of alkyl carbamates (subject to hydrolysis) is 1. The number of benzene rings is 1. The fourth-order valence-corrected chi connectivity index (χ4v) is 5.33. The summed E-state index contributed by atoms with van der Waals surface area (Å²) in [5.41, 5.74) is 1.26. The van der Waals surface area contributed by atoms with Gasteiger partial charge in [0.25, 0.3) is 5.91 Å². The van der Waals surface area contributed by atoms with Crippen LogP contribution in [0.3, 0.4) is 0 Å². The number of hydrogen-bond donors (Lipinski definition) is 2. The Balaban J connectivity index is 1.58. The lowest BCUT2D eigenvalue weighted by Gasteiger charge is -2.33. The molecule has 0 bridgehead atoms. The molecule has 0 radical (unpaired) electrons. The Morgan fingerprint density at radius 1 is 1.38 bits per heavy atom. The van der Waals surface area contributed by atoms with Crippen LogP contribution in [0.5, 0.6) is 0 Å². The zero-order valence-electron chi connectivity index (χ0n) is 19.5. The number of aromatic nitrogens is 1. The van der Waals surface area contributed by atoms with Crippen molar-refractivity contribution in [3.63, 3.8) is 0 Å². The molecule has 2 aromatic rings. The number of rotatable bonds is 9. The lowest BCUT2D eigenvalue weighted by atomic mass is 10.1. The highest BCUT2D eigenvalue weighted by Gasteiger charge is 2.41. The van der Waals surface area contributed by atoms with E-state index < -0.39 is 12.2 Å². The highest BCUT2D eigenvalue weighted by Crippen LogP contribution is 2.40. The topological polar surface area (TPSA) is 92.8 Å². The Hall–Kier alpha value is -2.56. The average Bonchev–Trinajstić information content (AvgIpc) is 3.60. The minimum absolute atomic E-state index is 0.0198. The summed E-state index contributed by atoms with van der Waals surface area (Å²) in [6.45, 7) is 4.17. The molecule has 2 aliphatic rings. The standard InChI is InChI=1S/C24H31FN4O4S/c1-15(29(16-9-10-16)23(30)20-14-26-12-13-33-20)22-28-19(8-5-11-27-24(31)32-2)21(34-22)17-6-3-4-7-18(17)25/h3-4,6-7,15-16,20,26H,5,8-14H2,1-2H3,(H,27,31)/t15-,20-/m1/s1. The highest BCUT2D eigenvalue weighted by atomic mass is 32.1. The van der Waals surface area contributed by atoms with E-state index in [0.29, 0.717) is 38.1 Å². The maximum absolute atomic E-state index is 14.7. The van der Waals surface area contributed by atoms with E-state index in [4.69, 9.17) is 9.72 Å². The van der Waals surface area contributed by atoms with E-state index in [2.05, 4.69) is 15.4 Å². The molecule has 2 atom stereocenters. The third-order valence-electron chi connectivity index (χ3n) is 6.05. The van der Waals surface area contributed by atoms with Gasteiger partial charge in [0.2, 0.25) is 0 Å². The van der Waals surface area contributed by atoms with Gasteiger partial charge in [-0.1, -0.05) is 18.2 Å². The third-order valence-corrected chi connectivity index (χ3v) is 7.35. The molecule has 1 aromatic carbocycles. The van der Waals surface area contributed by atoms with Gasteiger partial charge in [0.15, 0.2) is 0 Å². The molecule has 8 nitrogen and oxygen atoms in total. The first-order valence-electron chi connectivity index (χ1n) is 11.7. The molecule has 4 rings (SSSR count). The van der Waals surface area contributed by atoms with Crippen molar-refractivity contribution in [3.8, 4) is 10.4 Å². The average molecular weight is 491 g/mol. The number of methoxy groups -OCH3 is 1. The first-order chi connectivity index (χ1) is 16.5. The van der Waals surface area contributed by atoms with Gasteiger partial charge in [-0.05, 0) is 38.7 Å². The van der Waals surface area contributed by atoms with Crippen LogP contribution in [0.25, 0.3) is 10.4 Å². The van der Waals surface area contributed by atoms with Crippen LogP contribution in [-0.2, 0) is 20.7 Å². The van der Waals surface area contributed by atoms with Gasteiger partial charge in [-0.15, -0.1) is 11.3 Å². The van der Waals surface area contributed by atoms with Crippen LogP contribution in [0.2, 0.25) is 0 Å². The molecule has 0 spiro atoms. The minimum Gasteiger partial charge on any atom is -0.453 e. The van der Waals surface area contributed by atoms with Gasteiger partial charge in [0.1, 0.15) is 16.9 Å². The lowest BCUT2D eigenvalue weighted by Crippen LogP contribution is -2.50. The fraction of sp³-hybridized carbons (Fsp3) is 0.542. The predicted octanol–water partition coefficient (Wildman–Crippen LogP) is 3.28. The maximum atomic E-state index is 14.7. The van der Waals surface area contributed by atoms with E-state index in [1.165, 1.54) is 24.5 Å². The Morgan fingerprint density at radius 2 is 2.18 bits per heavy atom. The van der Waals surface area contributed by atoms with E-state index in [-0.39, 0.29) is 23.8 Å². The quantitative estimate of drug-likeness (QED) is 0.524. The summed E-state index contributed by atoms with van der Waals surface area (Å²) in [5.74, 6) is -0.329. The van der Waals surface area contributed by atoms with Crippen molar-refractivity contribution in [2.24, 2.45) is 0 Å². The Kier molecular flexibility index (Phi) is 8.12. The number of nitrogens with one attached hydrogen (secondary N) is 2. The van der Waals surface area contributed by atoms with Crippen molar-refractivity contribution in [2.45, 2.75) is 50.8 Å². The second kappa shape index (κ2) is 11.2. The highest BCUT2D eigenvalue weighted by molar-refractivity contribution is 7.15. The molecule has 10 heteroatoms. The van der Waals surface area contributed by atoms with Crippen LogP contribution >= 0.6 is 11.3 Å². The zero-order valence-corrected chi connectivity index (χ0v) is 20.3. The maximum Gasteiger partial charge on any atom is 0.406 e. The number of ether oxygens (including phenoxy) is 2. The first-order valence-corrected chi connectivity index (χ1v) is 12.5. The molecule has 34 heavy (non-hydrogen) atoms. The first kappa shape index (κ1) is 24.6. The van der Waals surface area contributed by atoms with Crippen molar-refractivity contribution in [2.75, 3.05) is 33.4 Å². The smallest absolute Gasteiger partial charge is 0.406 e. The molecule has 2 fully saturated rings. The Labute approximate surface area is 202 Å². The van der Waals surface area contributed by atoms with Crippen LogP contribution in [0, 0.1) is 5.82 Å². The van der Waals surface area contributed by atoms with Crippen LogP contribution in [0.15, 0.2) is 24.3 Å². The van der Waals surface area contributed by atoms with Crippen LogP contribution in [0.4, 0.5) is 9.18 Å². The number of amides is 2. The summed E-state index contributed by atoms with van der Waals surface area (Å²) in [5, 5.41) is 6.66. The number of nitrogens with zero attached hydrogens (tertiary/aromatic N) is 2. The van der Waals surface area contributed by atoms with E-state index >= 15 is 0 Å². The SMILES string of the molecule is COC(=O)NCCCc1nc([C@@H](C)N(C(=O)[C@H]2CNCCO2)C2CC2)sc1-c1ccccc1F. The summed E-state index contributed by atoms with van der Waals surface area (Å²) in [7, 11) is 1.32. The van der Waals surface area contributed by atoms with Gasteiger partial charge in [0.05, 0.1) is 30.3 Å². The van der Waals surface area contributed by atoms with Crippen molar-refractivity contribution in [1.29, 1.82) is 0 Å². The number of aryl methyl sites for hydroxylation is 1. The predicted molar refractivity (Wildman–Crippen MR) is 127 cm³/mol. The number of halogens is 1. The second-order valence-corrected chi connectivity index (χ2v) is 9.58. The molecule has 1 saturated heterocycles. The number of thiazole rings is 1. The van der Waals surface area contributed by atoms with Gasteiger partial charge < -0.3 is 25.0 Å². The summed E-state index contributed by atoms with van der Waals surface area (Å²) < 4.78 is 25.0. The van der Waals surface area contributed by atoms with Crippen molar-refractivity contribution in [1.82, 2.24) is 20.5 Å². The molecule has 2 heterocycles. The third kappa shape index (κ3) is 5.73. The Bertz CT molecular complexity index is 1010. The molecular formula is C24H31FN4O4S. The van der Waals surface area contributed by atoms with Crippen LogP contribution in [-0.4, -0.2) is 67.4 Å². The van der Waals surface area contributed by atoms with Gasteiger partial charge >= 0.3 is 6.09 Å². The summed E-state index contributed by atoms with van der Waals surface area (Å²) in [4.78, 5) is 32.2. The number of carbonyl (C=O) groups excluding carboxylic acids is 2. The van der Waals surface area contributed by atoms with E-state index in [1.54, 1.807) is 18.2 Å². The zero-order chi connectivity index (χ0) is 24.1. The van der Waals surface area contributed by atoms with E-state index in [1.807, 2.05) is 11.8 Å². The fourth-order valence-electron chi connectivity index (χ4n) is 4.14. The Morgan fingerprint density at radius 3 is 2.85 bits per heavy atom. The molecule has 2 N–H and O–H groups in total. The van der Waals surface area contributed by atoms with Gasteiger partial charge in [-0.25, -0.2) is 14.2 Å². The molecule has 2 amide bonds. The second-order valence-electron chi connectivity index (χ2n) is 8.55. The normalized spacial score (nSPS) is 18.9. The van der Waals surface area contributed by atoms with Crippen molar-refractivity contribution < 1.29 is 23.5 Å². The van der Waals surface area contributed by atoms with Crippen molar-refractivity contribution in [3.05, 3.63) is 40.8 Å². The van der Waals surface area contributed by atoms with Gasteiger partial charge in [-0.3, -0.25) is 4.79 Å². The van der Waals surface area contributed by atoms with E-state index in [9.17, 15) is 14.0 Å². The molecule has 1 aliphatic carbocycles. The molecule has 1 aromatic heterocycles.